The first kappa shape index (κ1) is 19.7. The van der Waals surface area contributed by atoms with Crippen molar-refractivity contribution in [3.63, 3.8) is 0 Å². The molecule has 1 aliphatic heterocycles. The number of anilines is 1. The molecule has 2 aliphatic carbocycles. The Labute approximate surface area is 171 Å². The highest BCUT2D eigenvalue weighted by Crippen LogP contribution is 2.34. The van der Waals surface area contributed by atoms with E-state index in [1.54, 1.807) is 12.1 Å². The lowest BCUT2D eigenvalue weighted by molar-refractivity contribution is -0.130. The second kappa shape index (κ2) is 8.80. The lowest BCUT2D eigenvalue weighted by Gasteiger charge is -2.41. The van der Waals surface area contributed by atoms with Crippen LogP contribution in [0.5, 0.6) is 0 Å². The second-order valence-electron chi connectivity index (χ2n) is 8.33. The lowest BCUT2D eigenvalue weighted by Crippen LogP contribution is -2.62. The summed E-state index contributed by atoms with van der Waals surface area (Å²) < 4.78 is 0. The average molecular weight is 396 g/mol. The smallest absolute Gasteiger partial charge is 0.328 e. The van der Waals surface area contributed by atoms with Crippen LogP contribution in [0.4, 0.5) is 10.5 Å². The number of fused-ring (bicyclic) bond motifs is 1. The zero-order chi connectivity index (χ0) is 20.2. The fourth-order valence-electron chi connectivity index (χ4n) is 4.80. The summed E-state index contributed by atoms with van der Waals surface area (Å²) in [5.41, 5.74) is 2.04. The van der Waals surface area contributed by atoms with Gasteiger partial charge in [0.1, 0.15) is 0 Å². The first-order valence-corrected chi connectivity index (χ1v) is 10.8. The molecule has 4 amide bonds. The standard InChI is InChI=1S/C23H29N3O3/c27-21(24-14-13-16-7-3-1-4-8-16)17-11-12-19-20(15-17)25-23(29)26(22(19)28)18-9-5-2-6-10-18/h2,5-7,9-10,17,19-20H,1,3-4,8,11-15H2,(H,24,27)(H,25,29). The number of amides is 4. The van der Waals surface area contributed by atoms with Crippen LogP contribution >= 0.6 is 0 Å². The minimum atomic E-state index is -0.396. The molecule has 2 N–H and O–H groups in total. The number of hydrogen-bond donors (Lipinski definition) is 2. The Balaban J connectivity index is 1.32. The van der Waals surface area contributed by atoms with E-state index in [0.717, 1.165) is 19.3 Å². The number of nitrogens with zero attached hydrogens (tertiary/aromatic N) is 1. The number of urea groups is 1. The van der Waals surface area contributed by atoms with Gasteiger partial charge in [0.2, 0.25) is 11.8 Å². The average Bonchev–Trinajstić information content (AvgIpc) is 2.75. The SMILES string of the molecule is O=C(NCCC1=CCCCC1)C1CCC2C(=O)N(c3ccccc3)C(=O)NC2C1. The van der Waals surface area contributed by atoms with Crippen LogP contribution < -0.4 is 15.5 Å². The van der Waals surface area contributed by atoms with Crippen molar-refractivity contribution in [3.8, 4) is 0 Å². The summed E-state index contributed by atoms with van der Waals surface area (Å²) in [6.07, 6.45) is 9.88. The fraction of sp³-hybridized carbons (Fsp3) is 0.522. The van der Waals surface area contributed by atoms with Gasteiger partial charge in [-0.3, -0.25) is 9.59 Å². The molecule has 1 aromatic rings. The summed E-state index contributed by atoms with van der Waals surface area (Å²) in [5.74, 6) is -0.516. The number of carbonyl (C=O) groups is 3. The minimum Gasteiger partial charge on any atom is -0.356 e. The Hall–Kier alpha value is -2.63. The van der Waals surface area contributed by atoms with Crippen LogP contribution in [-0.2, 0) is 9.59 Å². The third-order valence-corrected chi connectivity index (χ3v) is 6.42. The minimum absolute atomic E-state index is 0.0482. The van der Waals surface area contributed by atoms with Gasteiger partial charge in [0.05, 0.1) is 11.6 Å². The van der Waals surface area contributed by atoms with Gasteiger partial charge in [0.25, 0.3) is 0 Å². The molecule has 1 saturated heterocycles. The predicted octanol–water partition coefficient (Wildman–Crippen LogP) is 3.53. The van der Waals surface area contributed by atoms with Crippen molar-refractivity contribution in [3.05, 3.63) is 42.0 Å². The molecule has 3 unspecified atom stereocenters. The van der Waals surface area contributed by atoms with Crippen LogP contribution in [0.2, 0.25) is 0 Å². The molecule has 0 bridgehead atoms. The molecule has 0 spiro atoms. The van der Waals surface area contributed by atoms with E-state index in [-0.39, 0.29) is 29.7 Å². The largest absolute Gasteiger partial charge is 0.356 e. The van der Waals surface area contributed by atoms with Crippen LogP contribution in [0.15, 0.2) is 42.0 Å². The van der Waals surface area contributed by atoms with Crippen LogP contribution in [0.3, 0.4) is 0 Å². The molecular formula is C23H29N3O3. The number of nitrogens with one attached hydrogen (secondary N) is 2. The van der Waals surface area contributed by atoms with Gasteiger partial charge in [0, 0.05) is 18.5 Å². The quantitative estimate of drug-likeness (QED) is 0.749. The number of benzene rings is 1. The Morgan fingerprint density at radius 2 is 1.97 bits per heavy atom. The number of allylic oxidation sites excluding steroid dienone is 1. The Kier molecular flexibility index (Phi) is 5.97. The first-order valence-electron chi connectivity index (χ1n) is 10.8. The van der Waals surface area contributed by atoms with Crippen molar-refractivity contribution in [1.82, 2.24) is 10.6 Å². The molecule has 29 heavy (non-hydrogen) atoms. The van der Waals surface area contributed by atoms with Gasteiger partial charge >= 0.3 is 6.03 Å². The van der Waals surface area contributed by atoms with E-state index in [9.17, 15) is 14.4 Å². The summed E-state index contributed by atoms with van der Waals surface area (Å²) >= 11 is 0. The molecular weight excluding hydrogens is 366 g/mol. The van der Waals surface area contributed by atoms with Crippen molar-refractivity contribution in [2.75, 3.05) is 11.4 Å². The topological polar surface area (TPSA) is 78.5 Å². The molecule has 154 valence electrons. The van der Waals surface area contributed by atoms with E-state index in [1.807, 2.05) is 18.2 Å². The van der Waals surface area contributed by atoms with Gasteiger partial charge < -0.3 is 10.6 Å². The summed E-state index contributed by atoms with van der Waals surface area (Å²) in [4.78, 5) is 39.4. The Bertz CT molecular complexity index is 805. The summed E-state index contributed by atoms with van der Waals surface area (Å²) in [7, 11) is 0. The third kappa shape index (κ3) is 4.36. The molecule has 2 fully saturated rings. The molecule has 1 heterocycles. The van der Waals surface area contributed by atoms with Gasteiger partial charge in [-0.05, 0) is 63.5 Å². The van der Waals surface area contributed by atoms with E-state index >= 15 is 0 Å². The van der Waals surface area contributed by atoms with E-state index in [4.69, 9.17) is 0 Å². The monoisotopic (exact) mass is 395 g/mol. The number of para-hydroxylation sites is 1. The molecule has 1 saturated carbocycles. The van der Waals surface area contributed by atoms with Gasteiger partial charge in [0.15, 0.2) is 0 Å². The Morgan fingerprint density at radius 1 is 1.14 bits per heavy atom. The normalized spacial score (nSPS) is 27.0. The van der Waals surface area contributed by atoms with Crippen molar-refractivity contribution in [1.29, 1.82) is 0 Å². The zero-order valence-electron chi connectivity index (χ0n) is 16.7. The van der Waals surface area contributed by atoms with Crippen LogP contribution in [0.25, 0.3) is 0 Å². The van der Waals surface area contributed by atoms with E-state index in [0.29, 0.717) is 31.5 Å². The number of rotatable bonds is 5. The number of carbonyl (C=O) groups excluding carboxylic acids is 3. The van der Waals surface area contributed by atoms with Gasteiger partial charge in [-0.1, -0.05) is 29.8 Å². The molecule has 1 aromatic carbocycles. The predicted molar refractivity (Wildman–Crippen MR) is 111 cm³/mol. The summed E-state index contributed by atoms with van der Waals surface area (Å²) in [5, 5.41) is 6.03. The van der Waals surface area contributed by atoms with Crippen LogP contribution in [-0.4, -0.2) is 30.4 Å². The van der Waals surface area contributed by atoms with Gasteiger partial charge in [-0.25, -0.2) is 9.69 Å². The molecule has 0 radical (unpaired) electrons. The van der Waals surface area contributed by atoms with Crippen molar-refractivity contribution < 1.29 is 14.4 Å². The molecule has 6 heteroatoms. The molecule has 0 aromatic heterocycles. The van der Waals surface area contributed by atoms with Crippen LogP contribution in [0, 0.1) is 11.8 Å². The summed E-state index contributed by atoms with van der Waals surface area (Å²) in [6.45, 7) is 0.669. The van der Waals surface area contributed by atoms with E-state index < -0.39 is 6.03 Å². The molecule has 3 atom stereocenters. The van der Waals surface area contributed by atoms with Crippen molar-refractivity contribution in [2.45, 2.75) is 57.4 Å². The molecule has 3 aliphatic rings. The van der Waals surface area contributed by atoms with Crippen LogP contribution in [0.1, 0.15) is 51.4 Å². The van der Waals surface area contributed by atoms with Crippen molar-refractivity contribution in [2.24, 2.45) is 11.8 Å². The Morgan fingerprint density at radius 3 is 2.72 bits per heavy atom. The van der Waals surface area contributed by atoms with E-state index in [2.05, 4.69) is 16.7 Å². The summed E-state index contributed by atoms with van der Waals surface area (Å²) in [6, 6.07) is 8.34. The third-order valence-electron chi connectivity index (χ3n) is 6.42. The lowest BCUT2D eigenvalue weighted by atomic mass is 9.76. The maximum atomic E-state index is 13.0. The molecule has 4 rings (SSSR count). The zero-order valence-corrected chi connectivity index (χ0v) is 16.7. The number of hydrogen-bond acceptors (Lipinski definition) is 3. The highest BCUT2D eigenvalue weighted by Gasteiger charge is 2.45. The fourth-order valence-corrected chi connectivity index (χ4v) is 4.80. The highest BCUT2D eigenvalue weighted by atomic mass is 16.2. The maximum Gasteiger partial charge on any atom is 0.328 e. The second-order valence-corrected chi connectivity index (χ2v) is 8.33. The highest BCUT2D eigenvalue weighted by molar-refractivity contribution is 6.17. The molecule has 6 nitrogen and oxygen atoms in total. The van der Waals surface area contributed by atoms with Crippen molar-refractivity contribution >= 4 is 23.5 Å². The van der Waals surface area contributed by atoms with E-state index in [1.165, 1.54) is 23.3 Å². The number of imide groups is 1. The maximum absolute atomic E-state index is 13.0. The van der Waals surface area contributed by atoms with Gasteiger partial charge in [-0.15, -0.1) is 0 Å². The van der Waals surface area contributed by atoms with Gasteiger partial charge in [-0.2, -0.15) is 0 Å². The first-order chi connectivity index (χ1) is 14.1.